The standard InChI is InChI=1S/C10H11N2/c1-7(11)9-6-12-10-5-3-2-4-8(9)10/h2-7,12H,1,11H2. The van der Waals surface area contributed by atoms with Crippen LogP contribution in [0.4, 0.5) is 0 Å². The average Bonchev–Trinajstić information content (AvgIpc) is 2.47. The third kappa shape index (κ3) is 1.01. The van der Waals surface area contributed by atoms with Gasteiger partial charge in [-0.05, 0) is 18.6 Å². The Morgan fingerprint density at radius 1 is 1.33 bits per heavy atom. The third-order valence-corrected chi connectivity index (χ3v) is 2.02. The molecule has 2 heteroatoms. The highest BCUT2D eigenvalue weighted by atomic mass is 14.7. The highest BCUT2D eigenvalue weighted by Crippen LogP contribution is 2.21. The molecule has 0 fully saturated rings. The fourth-order valence-corrected chi connectivity index (χ4v) is 1.40. The fourth-order valence-electron chi connectivity index (χ4n) is 1.40. The molecule has 1 atom stereocenters. The van der Waals surface area contributed by atoms with E-state index < -0.39 is 0 Å². The predicted molar refractivity (Wildman–Crippen MR) is 50.6 cm³/mol. The van der Waals surface area contributed by atoms with Gasteiger partial charge in [-0.15, -0.1) is 0 Å². The van der Waals surface area contributed by atoms with Crippen LogP contribution in [0.25, 0.3) is 10.9 Å². The Bertz CT molecular complexity index is 387. The van der Waals surface area contributed by atoms with E-state index in [1.165, 1.54) is 5.39 Å². The lowest BCUT2D eigenvalue weighted by molar-refractivity contribution is 0.917. The van der Waals surface area contributed by atoms with Crippen molar-refractivity contribution in [2.24, 2.45) is 5.73 Å². The van der Waals surface area contributed by atoms with Crippen LogP contribution in [0.15, 0.2) is 30.5 Å². The van der Waals surface area contributed by atoms with Crippen LogP contribution in [-0.2, 0) is 0 Å². The lowest BCUT2D eigenvalue weighted by atomic mass is 10.1. The molecule has 1 unspecified atom stereocenters. The summed E-state index contributed by atoms with van der Waals surface area (Å²) in [5, 5.41) is 1.17. The number of hydrogen-bond acceptors (Lipinski definition) is 1. The van der Waals surface area contributed by atoms with Crippen LogP contribution < -0.4 is 5.73 Å². The van der Waals surface area contributed by atoms with E-state index in [9.17, 15) is 0 Å². The summed E-state index contributed by atoms with van der Waals surface area (Å²) in [6, 6.07) is 7.92. The first-order valence-electron chi connectivity index (χ1n) is 3.93. The number of hydrogen-bond donors (Lipinski definition) is 2. The van der Waals surface area contributed by atoms with Crippen LogP contribution in [0.1, 0.15) is 11.6 Å². The molecule has 1 aromatic heterocycles. The van der Waals surface area contributed by atoms with Crippen LogP contribution >= 0.6 is 0 Å². The molecule has 1 heterocycles. The molecule has 1 aromatic carbocycles. The second kappa shape index (κ2) is 2.64. The van der Waals surface area contributed by atoms with Crippen molar-refractivity contribution in [3.05, 3.63) is 42.9 Å². The van der Waals surface area contributed by atoms with Gasteiger partial charge in [0.05, 0.1) is 0 Å². The van der Waals surface area contributed by atoms with Crippen LogP contribution in [0.5, 0.6) is 0 Å². The summed E-state index contributed by atoms with van der Waals surface area (Å²) in [5.74, 6) is 0. The van der Waals surface area contributed by atoms with Crippen molar-refractivity contribution in [3.8, 4) is 0 Å². The van der Waals surface area contributed by atoms with Gasteiger partial charge in [0.1, 0.15) is 0 Å². The van der Waals surface area contributed by atoms with Gasteiger partial charge in [0.25, 0.3) is 0 Å². The molecule has 61 valence electrons. The Morgan fingerprint density at radius 2 is 2.08 bits per heavy atom. The Hall–Kier alpha value is -1.28. The van der Waals surface area contributed by atoms with Gasteiger partial charge in [0, 0.05) is 23.1 Å². The van der Waals surface area contributed by atoms with Gasteiger partial charge in [-0.1, -0.05) is 18.2 Å². The molecule has 0 spiro atoms. The quantitative estimate of drug-likeness (QED) is 0.656. The molecule has 0 aliphatic heterocycles. The minimum absolute atomic E-state index is 0.152. The van der Waals surface area contributed by atoms with Crippen molar-refractivity contribution in [2.75, 3.05) is 0 Å². The first-order chi connectivity index (χ1) is 5.79. The first kappa shape index (κ1) is 7.37. The minimum Gasteiger partial charge on any atom is -0.361 e. The maximum absolute atomic E-state index is 5.69. The van der Waals surface area contributed by atoms with E-state index in [0.717, 1.165) is 11.1 Å². The van der Waals surface area contributed by atoms with Gasteiger partial charge in [0.15, 0.2) is 0 Å². The smallest absolute Gasteiger partial charge is 0.0457 e. The number of benzene rings is 1. The van der Waals surface area contributed by atoms with Crippen LogP contribution in [0.2, 0.25) is 0 Å². The molecule has 1 radical (unpaired) electrons. The van der Waals surface area contributed by atoms with E-state index in [1.807, 2.05) is 30.5 Å². The van der Waals surface area contributed by atoms with Gasteiger partial charge in [-0.3, -0.25) is 0 Å². The molecule has 12 heavy (non-hydrogen) atoms. The van der Waals surface area contributed by atoms with Crippen molar-refractivity contribution in [3.63, 3.8) is 0 Å². The van der Waals surface area contributed by atoms with Gasteiger partial charge < -0.3 is 10.7 Å². The highest BCUT2D eigenvalue weighted by molar-refractivity contribution is 5.83. The molecule has 0 aliphatic rings. The first-order valence-corrected chi connectivity index (χ1v) is 3.93. The lowest BCUT2D eigenvalue weighted by Gasteiger charge is -2.01. The molecule has 2 nitrogen and oxygen atoms in total. The molecule has 0 amide bonds. The van der Waals surface area contributed by atoms with Crippen molar-refractivity contribution in [1.82, 2.24) is 4.98 Å². The summed E-state index contributed by atoms with van der Waals surface area (Å²) in [5.41, 5.74) is 7.88. The number of fused-ring (bicyclic) bond motifs is 1. The Morgan fingerprint density at radius 3 is 2.83 bits per heavy atom. The summed E-state index contributed by atoms with van der Waals surface area (Å²) in [4.78, 5) is 3.15. The van der Waals surface area contributed by atoms with Gasteiger partial charge in [0.2, 0.25) is 0 Å². The third-order valence-electron chi connectivity index (χ3n) is 2.02. The van der Waals surface area contributed by atoms with Crippen molar-refractivity contribution in [2.45, 2.75) is 6.04 Å². The molecule has 0 saturated carbocycles. The zero-order valence-electron chi connectivity index (χ0n) is 6.75. The van der Waals surface area contributed by atoms with E-state index in [4.69, 9.17) is 5.73 Å². The second-order valence-corrected chi connectivity index (χ2v) is 2.90. The zero-order chi connectivity index (χ0) is 8.55. The summed E-state index contributed by atoms with van der Waals surface area (Å²) in [7, 11) is 0. The summed E-state index contributed by atoms with van der Waals surface area (Å²) in [6.45, 7) is 3.79. The predicted octanol–water partition coefficient (Wildman–Crippen LogP) is 2.00. The molecule has 0 saturated heterocycles. The van der Waals surface area contributed by atoms with Crippen LogP contribution in [0.3, 0.4) is 0 Å². The fraction of sp³-hybridized carbons (Fsp3) is 0.100. The second-order valence-electron chi connectivity index (χ2n) is 2.90. The molecular weight excluding hydrogens is 148 g/mol. The largest absolute Gasteiger partial charge is 0.361 e. The monoisotopic (exact) mass is 159 g/mol. The number of H-pyrrole nitrogens is 1. The van der Waals surface area contributed by atoms with Crippen LogP contribution in [-0.4, -0.2) is 4.98 Å². The summed E-state index contributed by atoms with van der Waals surface area (Å²) in [6.07, 6.45) is 1.92. The number of nitrogens with two attached hydrogens (primary N) is 1. The zero-order valence-corrected chi connectivity index (χ0v) is 6.75. The van der Waals surface area contributed by atoms with E-state index >= 15 is 0 Å². The van der Waals surface area contributed by atoms with Crippen molar-refractivity contribution >= 4 is 10.9 Å². The molecule has 0 bridgehead atoms. The van der Waals surface area contributed by atoms with E-state index in [2.05, 4.69) is 11.9 Å². The molecule has 2 aromatic rings. The molecular formula is C10H11N2. The summed E-state index contributed by atoms with van der Waals surface area (Å²) < 4.78 is 0. The molecule has 3 N–H and O–H groups in total. The Kier molecular flexibility index (Phi) is 1.62. The highest BCUT2D eigenvalue weighted by Gasteiger charge is 2.05. The van der Waals surface area contributed by atoms with Crippen molar-refractivity contribution < 1.29 is 0 Å². The van der Waals surface area contributed by atoms with Crippen molar-refractivity contribution in [1.29, 1.82) is 0 Å². The maximum Gasteiger partial charge on any atom is 0.0457 e. The number of aromatic nitrogens is 1. The number of para-hydroxylation sites is 1. The maximum atomic E-state index is 5.69. The average molecular weight is 159 g/mol. The minimum atomic E-state index is -0.152. The van der Waals surface area contributed by atoms with E-state index in [-0.39, 0.29) is 6.04 Å². The van der Waals surface area contributed by atoms with Gasteiger partial charge >= 0.3 is 0 Å². The van der Waals surface area contributed by atoms with Gasteiger partial charge in [-0.2, -0.15) is 0 Å². The number of rotatable bonds is 1. The van der Waals surface area contributed by atoms with Crippen LogP contribution in [0, 0.1) is 6.92 Å². The lowest BCUT2D eigenvalue weighted by Crippen LogP contribution is -2.03. The van der Waals surface area contributed by atoms with E-state index in [0.29, 0.717) is 0 Å². The number of nitrogens with one attached hydrogen (secondary N) is 1. The molecule has 0 aliphatic carbocycles. The number of aromatic amines is 1. The van der Waals surface area contributed by atoms with Gasteiger partial charge in [-0.25, -0.2) is 0 Å². The Balaban J connectivity index is 2.70. The Labute approximate surface area is 71.4 Å². The SMILES string of the molecule is [CH2]C(N)c1c[nH]c2ccccc12. The topological polar surface area (TPSA) is 41.8 Å². The normalized spacial score (nSPS) is 13.5. The van der Waals surface area contributed by atoms with E-state index in [1.54, 1.807) is 0 Å². The summed E-state index contributed by atoms with van der Waals surface area (Å²) >= 11 is 0. The molecule has 2 rings (SSSR count).